The fraction of sp³-hybridized carbons (Fsp3) is 0.625. The molecule has 2 aliphatic carbocycles. The summed E-state index contributed by atoms with van der Waals surface area (Å²) in [7, 11) is 0. The maximum atomic E-state index is 11.0. The zero-order valence-electron chi connectivity index (χ0n) is 11.4. The third kappa shape index (κ3) is 2.07. The van der Waals surface area contributed by atoms with E-state index in [-0.39, 0.29) is 5.41 Å². The smallest absolute Gasteiger partial charge is 0.0871 e. The van der Waals surface area contributed by atoms with Crippen molar-refractivity contribution >= 4 is 15.9 Å². The van der Waals surface area contributed by atoms with Crippen LogP contribution in [0.5, 0.6) is 0 Å². The van der Waals surface area contributed by atoms with E-state index in [1.807, 2.05) is 6.07 Å². The topological polar surface area (TPSA) is 46.2 Å². The van der Waals surface area contributed by atoms with Crippen LogP contribution in [0.25, 0.3) is 0 Å². The van der Waals surface area contributed by atoms with E-state index in [1.54, 1.807) is 0 Å². The summed E-state index contributed by atoms with van der Waals surface area (Å²) < 4.78 is 1.01. The van der Waals surface area contributed by atoms with Gasteiger partial charge in [0.05, 0.1) is 6.10 Å². The number of rotatable bonds is 3. The molecule has 2 saturated carbocycles. The van der Waals surface area contributed by atoms with Crippen LogP contribution in [-0.2, 0) is 0 Å². The van der Waals surface area contributed by atoms with Crippen molar-refractivity contribution in [3.05, 3.63) is 33.8 Å². The Hall–Kier alpha value is -0.380. The van der Waals surface area contributed by atoms with Gasteiger partial charge in [-0.15, -0.1) is 0 Å². The van der Waals surface area contributed by atoms with Crippen LogP contribution in [0.1, 0.15) is 42.9 Å². The largest absolute Gasteiger partial charge is 0.388 e. The molecule has 0 aromatic heterocycles. The highest BCUT2D eigenvalue weighted by atomic mass is 79.9. The molecule has 2 aliphatic rings. The lowest BCUT2D eigenvalue weighted by molar-refractivity contribution is -0.0134. The lowest BCUT2D eigenvalue weighted by Gasteiger charge is -2.41. The number of aliphatic hydroxyl groups is 1. The van der Waals surface area contributed by atoms with Crippen LogP contribution in [-0.4, -0.2) is 11.7 Å². The van der Waals surface area contributed by atoms with Gasteiger partial charge in [0.15, 0.2) is 0 Å². The van der Waals surface area contributed by atoms with Crippen LogP contribution in [0.15, 0.2) is 22.7 Å². The molecule has 2 nitrogen and oxygen atoms in total. The monoisotopic (exact) mass is 323 g/mol. The molecule has 4 atom stereocenters. The van der Waals surface area contributed by atoms with Crippen molar-refractivity contribution in [3.63, 3.8) is 0 Å². The molecule has 19 heavy (non-hydrogen) atoms. The molecule has 0 spiro atoms. The molecule has 104 valence electrons. The van der Waals surface area contributed by atoms with Gasteiger partial charge in [0, 0.05) is 16.4 Å². The SMILES string of the molecule is Cc1ccc(C(O)C2(CN)CC3CCC2C3)c(Br)c1. The van der Waals surface area contributed by atoms with Crippen molar-refractivity contribution in [2.75, 3.05) is 6.54 Å². The number of hydrogen-bond donors (Lipinski definition) is 2. The number of fused-ring (bicyclic) bond motifs is 2. The Bertz CT molecular complexity index is 490. The quantitative estimate of drug-likeness (QED) is 0.893. The zero-order valence-corrected chi connectivity index (χ0v) is 13.0. The predicted molar refractivity (Wildman–Crippen MR) is 80.8 cm³/mol. The zero-order chi connectivity index (χ0) is 13.6. The molecule has 2 fully saturated rings. The number of nitrogens with two attached hydrogens (primary N) is 1. The lowest BCUT2D eigenvalue weighted by atomic mass is 9.67. The standard InChI is InChI=1S/C16H22BrNO/c1-10-2-5-13(14(17)6-10)15(19)16(9-18)8-11-3-4-12(16)7-11/h2,5-6,11-12,15,19H,3-4,7-9,18H2,1H3. The van der Waals surface area contributed by atoms with Gasteiger partial charge in [-0.25, -0.2) is 0 Å². The molecule has 2 bridgehead atoms. The van der Waals surface area contributed by atoms with E-state index in [0.717, 1.165) is 22.4 Å². The van der Waals surface area contributed by atoms with Gasteiger partial charge in [-0.05, 0) is 55.2 Å². The highest BCUT2D eigenvalue weighted by Crippen LogP contribution is 2.60. The van der Waals surface area contributed by atoms with E-state index in [0.29, 0.717) is 12.5 Å². The van der Waals surface area contributed by atoms with E-state index in [9.17, 15) is 5.11 Å². The number of aryl methyl sites for hydroxylation is 1. The summed E-state index contributed by atoms with van der Waals surface area (Å²) in [5.41, 5.74) is 8.21. The van der Waals surface area contributed by atoms with Crippen LogP contribution in [0, 0.1) is 24.2 Å². The molecule has 1 aromatic rings. The van der Waals surface area contributed by atoms with E-state index in [1.165, 1.54) is 24.8 Å². The molecule has 4 unspecified atom stereocenters. The molecule has 0 radical (unpaired) electrons. The van der Waals surface area contributed by atoms with Crippen LogP contribution < -0.4 is 5.73 Å². The van der Waals surface area contributed by atoms with Crippen molar-refractivity contribution in [2.45, 2.75) is 38.7 Å². The number of benzene rings is 1. The molecule has 0 saturated heterocycles. The second-order valence-corrected chi connectivity index (χ2v) is 7.30. The Kier molecular flexibility index (Phi) is 3.48. The Morgan fingerprint density at radius 3 is 2.79 bits per heavy atom. The van der Waals surface area contributed by atoms with E-state index in [4.69, 9.17) is 5.73 Å². The minimum absolute atomic E-state index is 0.0965. The maximum absolute atomic E-state index is 11.0. The number of halogens is 1. The minimum atomic E-state index is -0.442. The van der Waals surface area contributed by atoms with Gasteiger partial charge in [0.25, 0.3) is 0 Å². The second kappa shape index (κ2) is 4.87. The average Bonchev–Trinajstić information content (AvgIpc) is 2.98. The van der Waals surface area contributed by atoms with Crippen molar-refractivity contribution in [3.8, 4) is 0 Å². The lowest BCUT2D eigenvalue weighted by Crippen LogP contribution is -2.41. The molecule has 0 aliphatic heterocycles. The molecular formula is C16H22BrNO. The predicted octanol–water partition coefficient (Wildman–Crippen LogP) is 3.56. The van der Waals surface area contributed by atoms with Gasteiger partial charge in [-0.2, -0.15) is 0 Å². The Morgan fingerprint density at radius 1 is 1.47 bits per heavy atom. The number of hydrogen-bond acceptors (Lipinski definition) is 2. The first-order valence-corrected chi connectivity index (χ1v) is 8.00. The van der Waals surface area contributed by atoms with E-state index >= 15 is 0 Å². The van der Waals surface area contributed by atoms with Crippen molar-refractivity contribution in [1.82, 2.24) is 0 Å². The van der Waals surface area contributed by atoms with Crippen LogP contribution in [0.3, 0.4) is 0 Å². The normalized spacial score (nSPS) is 34.7. The first-order valence-electron chi connectivity index (χ1n) is 7.21. The molecule has 3 N–H and O–H groups in total. The van der Waals surface area contributed by atoms with Gasteiger partial charge in [0.1, 0.15) is 0 Å². The fourth-order valence-corrected chi connectivity index (χ4v) is 5.06. The Balaban J connectivity index is 1.96. The summed E-state index contributed by atoms with van der Waals surface area (Å²) in [6.45, 7) is 2.66. The summed E-state index contributed by atoms with van der Waals surface area (Å²) in [5.74, 6) is 1.39. The van der Waals surface area contributed by atoms with Gasteiger partial charge in [0.2, 0.25) is 0 Å². The molecular weight excluding hydrogens is 302 g/mol. The summed E-state index contributed by atoms with van der Waals surface area (Å²) in [5, 5.41) is 11.0. The molecule has 3 heteroatoms. The van der Waals surface area contributed by atoms with Crippen molar-refractivity contribution in [1.29, 1.82) is 0 Å². The number of aliphatic hydroxyl groups excluding tert-OH is 1. The van der Waals surface area contributed by atoms with Gasteiger partial charge < -0.3 is 10.8 Å². The molecule has 3 rings (SSSR count). The van der Waals surface area contributed by atoms with Gasteiger partial charge in [-0.3, -0.25) is 0 Å². The van der Waals surface area contributed by atoms with Gasteiger partial charge >= 0.3 is 0 Å². The summed E-state index contributed by atoms with van der Waals surface area (Å²) in [6.07, 6.45) is 4.48. The van der Waals surface area contributed by atoms with Crippen LogP contribution in [0.2, 0.25) is 0 Å². The Morgan fingerprint density at radius 2 is 2.26 bits per heavy atom. The van der Waals surface area contributed by atoms with Gasteiger partial charge in [-0.1, -0.05) is 34.5 Å². The second-order valence-electron chi connectivity index (χ2n) is 6.44. The first kappa shape index (κ1) is 13.6. The average molecular weight is 324 g/mol. The van der Waals surface area contributed by atoms with Crippen LogP contribution in [0.4, 0.5) is 0 Å². The molecule has 0 heterocycles. The third-order valence-corrected chi connectivity index (χ3v) is 6.08. The third-order valence-electron chi connectivity index (χ3n) is 5.40. The first-order chi connectivity index (χ1) is 9.06. The molecule has 1 aromatic carbocycles. The van der Waals surface area contributed by atoms with Crippen molar-refractivity contribution in [2.24, 2.45) is 23.0 Å². The molecule has 0 amide bonds. The minimum Gasteiger partial charge on any atom is -0.388 e. The highest BCUT2D eigenvalue weighted by molar-refractivity contribution is 9.10. The van der Waals surface area contributed by atoms with Crippen molar-refractivity contribution < 1.29 is 5.11 Å². The fourth-order valence-electron chi connectivity index (χ4n) is 4.35. The Labute approximate surface area is 123 Å². The highest BCUT2D eigenvalue weighted by Gasteiger charge is 2.54. The summed E-state index contributed by atoms with van der Waals surface area (Å²) >= 11 is 3.60. The summed E-state index contributed by atoms with van der Waals surface area (Å²) in [4.78, 5) is 0. The maximum Gasteiger partial charge on any atom is 0.0871 e. The summed E-state index contributed by atoms with van der Waals surface area (Å²) in [6, 6.07) is 6.20. The van der Waals surface area contributed by atoms with E-state index in [2.05, 4.69) is 35.0 Å². The van der Waals surface area contributed by atoms with Crippen LogP contribution >= 0.6 is 15.9 Å². The van der Waals surface area contributed by atoms with E-state index < -0.39 is 6.10 Å².